The number of nitrogens with zero attached hydrogens (tertiary/aromatic N) is 2. The van der Waals surface area contributed by atoms with Crippen LogP contribution in [0.25, 0.3) is 0 Å². The second-order valence-electron chi connectivity index (χ2n) is 4.43. The second-order valence-corrected chi connectivity index (χ2v) is 4.83. The molecule has 0 saturated carbocycles. The molecule has 1 heterocycles. The predicted octanol–water partition coefficient (Wildman–Crippen LogP) is 3.73. The summed E-state index contributed by atoms with van der Waals surface area (Å²) in [6.45, 7) is 6.22. The topological polar surface area (TPSA) is 38.1 Å². The molecule has 0 bridgehead atoms. The van der Waals surface area contributed by atoms with Gasteiger partial charge < -0.3 is 5.11 Å². The molecule has 92 valence electrons. The molecule has 1 N–H and O–H groups in total. The van der Waals surface area contributed by atoms with Gasteiger partial charge in [-0.15, -0.1) is 0 Å². The monoisotopic (exact) mass is 244 g/mol. The van der Waals surface area contributed by atoms with E-state index in [1.54, 1.807) is 10.9 Å². The van der Waals surface area contributed by atoms with Crippen molar-refractivity contribution in [3.05, 3.63) is 16.9 Å². The summed E-state index contributed by atoms with van der Waals surface area (Å²) < 4.78 is 1.80. The molecule has 1 aromatic rings. The molecule has 0 spiro atoms. The van der Waals surface area contributed by atoms with E-state index in [-0.39, 0.29) is 6.04 Å². The maximum Gasteiger partial charge on any atom is 0.0972 e. The summed E-state index contributed by atoms with van der Waals surface area (Å²) in [7, 11) is 0. The Bertz CT molecular complexity index is 323. The minimum Gasteiger partial charge on any atom is -0.387 e. The molecule has 1 rings (SSSR count). The SMILES string of the molecule is CCCCCC(O)c1c(Cl)cnn1C(C)C. The first-order chi connectivity index (χ1) is 7.57. The zero-order valence-corrected chi connectivity index (χ0v) is 11.0. The van der Waals surface area contributed by atoms with E-state index in [2.05, 4.69) is 12.0 Å². The van der Waals surface area contributed by atoms with Crippen molar-refractivity contribution in [3.8, 4) is 0 Å². The third-order valence-corrected chi connectivity index (χ3v) is 2.96. The quantitative estimate of drug-likeness (QED) is 0.775. The van der Waals surface area contributed by atoms with Gasteiger partial charge in [-0.05, 0) is 20.3 Å². The number of hydrogen-bond acceptors (Lipinski definition) is 2. The van der Waals surface area contributed by atoms with Gasteiger partial charge in [-0.1, -0.05) is 37.8 Å². The number of hydrogen-bond donors (Lipinski definition) is 1. The van der Waals surface area contributed by atoms with Crippen LogP contribution < -0.4 is 0 Å². The van der Waals surface area contributed by atoms with E-state index in [1.807, 2.05) is 13.8 Å². The average Bonchev–Trinajstić information content (AvgIpc) is 2.60. The molecule has 0 amide bonds. The van der Waals surface area contributed by atoms with Crippen LogP contribution in [-0.2, 0) is 0 Å². The summed E-state index contributed by atoms with van der Waals surface area (Å²) in [5.41, 5.74) is 0.757. The summed E-state index contributed by atoms with van der Waals surface area (Å²) >= 11 is 6.05. The average molecular weight is 245 g/mol. The number of aromatic nitrogens is 2. The van der Waals surface area contributed by atoms with Crippen LogP contribution >= 0.6 is 11.6 Å². The van der Waals surface area contributed by atoms with Crippen LogP contribution in [0.1, 0.15) is 64.3 Å². The Morgan fingerprint density at radius 3 is 2.69 bits per heavy atom. The highest BCUT2D eigenvalue weighted by Gasteiger charge is 2.19. The van der Waals surface area contributed by atoms with Crippen molar-refractivity contribution in [2.24, 2.45) is 0 Å². The van der Waals surface area contributed by atoms with Crippen LogP contribution in [0.3, 0.4) is 0 Å². The molecule has 1 atom stereocenters. The van der Waals surface area contributed by atoms with Crippen molar-refractivity contribution in [1.29, 1.82) is 0 Å². The second kappa shape index (κ2) is 6.26. The highest BCUT2D eigenvalue weighted by atomic mass is 35.5. The minimum absolute atomic E-state index is 0.225. The van der Waals surface area contributed by atoms with E-state index < -0.39 is 6.10 Å². The van der Waals surface area contributed by atoms with Crippen molar-refractivity contribution in [1.82, 2.24) is 9.78 Å². The third kappa shape index (κ3) is 3.22. The van der Waals surface area contributed by atoms with Gasteiger partial charge in [0, 0.05) is 6.04 Å². The van der Waals surface area contributed by atoms with Crippen LogP contribution in [0, 0.1) is 0 Å². The van der Waals surface area contributed by atoms with Crippen LogP contribution in [0.15, 0.2) is 6.20 Å². The number of rotatable bonds is 6. The Morgan fingerprint density at radius 2 is 2.12 bits per heavy atom. The Morgan fingerprint density at radius 1 is 1.44 bits per heavy atom. The Labute approximate surface area is 102 Å². The summed E-state index contributed by atoms with van der Waals surface area (Å²) in [6.07, 6.45) is 5.20. The number of aliphatic hydroxyl groups excluding tert-OH is 1. The number of unbranched alkanes of at least 4 members (excludes halogenated alkanes) is 2. The lowest BCUT2D eigenvalue weighted by Gasteiger charge is -2.16. The van der Waals surface area contributed by atoms with E-state index in [0.29, 0.717) is 5.02 Å². The van der Waals surface area contributed by atoms with E-state index >= 15 is 0 Å². The fourth-order valence-electron chi connectivity index (χ4n) is 1.80. The lowest BCUT2D eigenvalue weighted by atomic mass is 10.1. The van der Waals surface area contributed by atoms with Gasteiger partial charge in [0.2, 0.25) is 0 Å². The smallest absolute Gasteiger partial charge is 0.0972 e. The fourth-order valence-corrected chi connectivity index (χ4v) is 2.05. The Hall–Kier alpha value is -0.540. The van der Waals surface area contributed by atoms with Gasteiger partial charge in [0.15, 0.2) is 0 Å². The van der Waals surface area contributed by atoms with Crippen molar-refractivity contribution in [3.63, 3.8) is 0 Å². The maximum absolute atomic E-state index is 10.1. The van der Waals surface area contributed by atoms with Gasteiger partial charge in [-0.3, -0.25) is 4.68 Å². The maximum atomic E-state index is 10.1. The molecule has 16 heavy (non-hydrogen) atoms. The van der Waals surface area contributed by atoms with Crippen LogP contribution in [0.5, 0.6) is 0 Å². The lowest BCUT2D eigenvalue weighted by molar-refractivity contribution is 0.151. The first-order valence-corrected chi connectivity index (χ1v) is 6.36. The van der Waals surface area contributed by atoms with E-state index in [9.17, 15) is 5.11 Å². The van der Waals surface area contributed by atoms with Gasteiger partial charge in [0.1, 0.15) is 0 Å². The van der Waals surface area contributed by atoms with Crippen LogP contribution in [-0.4, -0.2) is 14.9 Å². The Kier molecular flexibility index (Phi) is 5.29. The summed E-state index contributed by atoms with van der Waals surface area (Å²) in [6, 6.07) is 0.225. The summed E-state index contributed by atoms with van der Waals surface area (Å²) in [4.78, 5) is 0. The molecule has 0 aliphatic heterocycles. The highest BCUT2D eigenvalue weighted by molar-refractivity contribution is 6.31. The molecule has 3 nitrogen and oxygen atoms in total. The normalized spacial score (nSPS) is 13.4. The molecule has 1 unspecified atom stereocenters. The lowest BCUT2D eigenvalue weighted by Crippen LogP contribution is -2.11. The molecule has 4 heteroatoms. The molecular formula is C12H21ClN2O. The summed E-state index contributed by atoms with van der Waals surface area (Å²) in [5, 5.41) is 14.9. The van der Waals surface area contributed by atoms with E-state index in [1.165, 1.54) is 0 Å². The van der Waals surface area contributed by atoms with Gasteiger partial charge in [-0.25, -0.2) is 0 Å². The van der Waals surface area contributed by atoms with Crippen LogP contribution in [0.4, 0.5) is 0 Å². The van der Waals surface area contributed by atoms with Gasteiger partial charge >= 0.3 is 0 Å². The standard InChI is InChI=1S/C12H21ClN2O/c1-4-5-6-7-11(16)12-10(13)8-14-15(12)9(2)3/h8-9,11,16H,4-7H2,1-3H3. The van der Waals surface area contributed by atoms with E-state index in [4.69, 9.17) is 11.6 Å². The molecular weight excluding hydrogens is 224 g/mol. The number of aliphatic hydroxyl groups is 1. The highest BCUT2D eigenvalue weighted by Crippen LogP contribution is 2.28. The molecule has 0 aliphatic carbocycles. The fraction of sp³-hybridized carbons (Fsp3) is 0.750. The van der Waals surface area contributed by atoms with Crippen molar-refractivity contribution in [2.75, 3.05) is 0 Å². The Balaban J connectivity index is 2.73. The van der Waals surface area contributed by atoms with Gasteiger partial charge in [-0.2, -0.15) is 5.10 Å². The van der Waals surface area contributed by atoms with Crippen LogP contribution in [0.2, 0.25) is 5.02 Å². The van der Waals surface area contributed by atoms with Crippen molar-refractivity contribution >= 4 is 11.6 Å². The first-order valence-electron chi connectivity index (χ1n) is 5.98. The van der Waals surface area contributed by atoms with Crippen molar-refractivity contribution in [2.45, 2.75) is 58.6 Å². The predicted molar refractivity (Wildman–Crippen MR) is 66.7 cm³/mol. The molecule has 1 aromatic heterocycles. The molecule has 0 fully saturated rings. The molecule has 0 radical (unpaired) electrons. The van der Waals surface area contributed by atoms with Gasteiger partial charge in [0.05, 0.1) is 23.0 Å². The first kappa shape index (κ1) is 13.5. The molecule has 0 saturated heterocycles. The zero-order chi connectivity index (χ0) is 12.1. The molecule has 0 aliphatic rings. The minimum atomic E-state index is -0.496. The zero-order valence-electron chi connectivity index (χ0n) is 10.3. The largest absolute Gasteiger partial charge is 0.387 e. The van der Waals surface area contributed by atoms with E-state index in [0.717, 1.165) is 31.4 Å². The summed E-state index contributed by atoms with van der Waals surface area (Å²) in [5.74, 6) is 0. The number of halogens is 1. The van der Waals surface area contributed by atoms with Crippen molar-refractivity contribution < 1.29 is 5.11 Å². The third-order valence-electron chi connectivity index (χ3n) is 2.67. The molecule has 0 aromatic carbocycles. The van der Waals surface area contributed by atoms with Gasteiger partial charge in [0.25, 0.3) is 0 Å².